The number of aromatic nitrogens is 1. The fourth-order valence-corrected chi connectivity index (χ4v) is 2.53. The van der Waals surface area contributed by atoms with Crippen LogP contribution in [0.1, 0.15) is 22.8 Å². The van der Waals surface area contributed by atoms with Crippen LogP contribution in [-0.2, 0) is 6.54 Å². The normalized spacial score (nSPS) is 11.0. The van der Waals surface area contributed by atoms with Crippen LogP contribution in [0.25, 0.3) is 10.9 Å². The Bertz CT molecular complexity index is 954. The molecule has 0 atom stereocenters. The van der Waals surface area contributed by atoms with Crippen LogP contribution in [0.3, 0.4) is 0 Å². The van der Waals surface area contributed by atoms with Gasteiger partial charge in [0.15, 0.2) is 11.6 Å². The number of nitrogens with zero attached hydrogens (tertiary/aromatic N) is 1. The minimum atomic E-state index is -0.458. The number of ether oxygens (including phenoxy) is 1. The lowest BCUT2D eigenvalue weighted by Crippen LogP contribution is -2.23. The number of rotatable bonds is 6. The highest BCUT2D eigenvalue weighted by atomic mass is 19.1. The largest absolute Gasteiger partial charge is 0.486 e. The first-order valence-electron chi connectivity index (χ1n) is 8.33. The number of benzene rings is 2. The number of hydrogen-bond acceptors (Lipinski definition) is 3. The number of carbonyl (C=O) groups excluding carboxylic acids is 1. The van der Waals surface area contributed by atoms with Gasteiger partial charge in [-0.3, -0.25) is 9.78 Å². The highest BCUT2D eigenvalue weighted by molar-refractivity contribution is 5.97. The summed E-state index contributed by atoms with van der Waals surface area (Å²) in [4.78, 5) is 16.6. The Morgan fingerprint density at radius 2 is 2.12 bits per heavy atom. The Balaban J connectivity index is 1.69. The molecule has 5 heteroatoms. The molecule has 0 spiro atoms. The number of amides is 1. The SMILES string of the molecule is C/C=C\COc1cccc(CNC(=O)c2ccc3ncccc3c2)c1F. The third kappa shape index (κ3) is 4.06. The number of carbonyl (C=O) groups is 1. The fraction of sp³-hybridized carbons (Fsp3) is 0.143. The van der Waals surface area contributed by atoms with Crippen molar-refractivity contribution >= 4 is 16.8 Å². The van der Waals surface area contributed by atoms with E-state index in [1.807, 2.05) is 25.1 Å². The zero-order chi connectivity index (χ0) is 18.4. The van der Waals surface area contributed by atoms with Crippen molar-refractivity contribution in [3.63, 3.8) is 0 Å². The summed E-state index contributed by atoms with van der Waals surface area (Å²) in [5, 5.41) is 3.63. The molecule has 0 unspecified atom stereocenters. The van der Waals surface area contributed by atoms with E-state index in [1.165, 1.54) is 0 Å². The Labute approximate surface area is 151 Å². The Hall–Kier alpha value is -3.21. The van der Waals surface area contributed by atoms with Crippen molar-refractivity contribution in [2.24, 2.45) is 0 Å². The van der Waals surface area contributed by atoms with E-state index in [9.17, 15) is 9.18 Å². The smallest absolute Gasteiger partial charge is 0.251 e. The van der Waals surface area contributed by atoms with Gasteiger partial charge >= 0.3 is 0 Å². The maximum atomic E-state index is 14.5. The molecular formula is C21H19FN2O2. The molecule has 26 heavy (non-hydrogen) atoms. The van der Waals surface area contributed by atoms with Crippen molar-refractivity contribution in [2.75, 3.05) is 6.61 Å². The van der Waals surface area contributed by atoms with Crippen molar-refractivity contribution in [2.45, 2.75) is 13.5 Å². The topological polar surface area (TPSA) is 51.2 Å². The number of pyridine rings is 1. The predicted molar refractivity (Wildman–Crippen MR) is 99.6 cm³/mol. The second kappa shape index (κ2) is 8.25. The van der Waals surface area contributed by atoms with Crippen molar-refractivity contribution in [3.05, 3.63) is 83.8 Å². The molecule has 0 radical (unpaired) electrons. The first-order chi connectivity index (χ1) is 12.7. The summed E-state index contributed by atoms with van der Waals surface area (Å²) in [6, 6.07) is 13.9. The monoisotopic (exact) mass is 350 g/mol. The lowest BCUT2D eigenvalue weighted by Gasteiger charge is -2.10. The molecule has 3 aromatic rings. The van der Waals surface area contributed by atoms with Gasteiger partial charge in [0.25, 0.3) is 5.91 Å². The van der Waals surface area contributed by atoms with Gasteiger partial charge in [0.1, 0.15) is 6.61 Å². The van der Waals surface area contributed by atoms with Crippen molar-refractivity contribution in [1.82, 2.24) is 10.3 Å². The molecule has 1 aromatic heterocycles. The van der Waals surface area contributed by atoms with Gasteiger partial charge in [-0.15, -0.1) is 0 Å². The van der Waals surface area contributed by atoms with Gasteiger partial charge in [-0.25, -0.2) is 4.39 Å². The van der Waals surface area contributed by atoms with Crippen LogP contribution in [0.5, 0.6) is 5.75 Å². The quantitative estimate of drug-likeness (QED) is 0.676. The summed E-state index contributed by atoms with van der Waals surface area (Å²) in [6.07, 6.45) is 5.33. The molecule has 1 heterocycles. The Kier molecular flexibility index (Phi) is 5.59. The highest BCUT2D eigenvalue weighted by Crippen LogP contribution is 2.21. The number of fused-ring (bicyclic) bond motifs is 1. The van der Waals surface area contributed by atoms with E-state index < -0.39 is 5.82 Å². The van der Waals surface area contributed by atoms with E-state index >= 15 is 0 Å². The van der Waals surface area contributed by atoms with Gasteiger partial charge in [0.05, 0.1) is 5.52 Å². The van der Waals surface area contributed by atoms with E-state index in [0.717, 1.165) is 10.9 Å². The van der Waals surface area contributed by atoms with Crippen LogP contribution in [-0.4, -0.2) is 17.5 Å². The predicted octanol–water partition coefficient (Wildman–Crippen LogP) is 4.26. The average molecular weight is 350 g/mol. The molecule has 0 saturated heterocycles. The van der Waals surface area contributed by atoms with E-state index in [4.69, 9.17) is 4.74 Å². The molecule has 1 N–H and O–H groups in total. The highest BCUT2D eigenvalue weighted by Gasteiger charge is 2.11. The molecule has 3 rings (SSSR count). The third-order valence-corrected chi connectivity index (χ3v) is 3.92. The van der Waals surface area contributed by atoms with Crippen LogP contribution in [0.4, 0.5) is 4.39 Å². The lowest BCUT2D eigenvalue weighted by molar-refractivity contribution is 0.0950. The summed E-state index contributed by atoms with van der Waals surface area (Å²) < 4.78 is 19.8. The van der Waals surface area contributed by atoms with E-state index in [2.05, 4.69) is 10.3 Å². The Morgan fingerprint density at radius 3 is 2.96 bits per heavy atom. The molecule has 0 saturated carbocycles. The zero-order valence-corrected chi connectivity index (χ0v) is 14.4. The van der Waals surface area contributed by atoms with E-state index in [1.54, 1.807) is 48.7 Å². The van der Waals surface area contributed by atoms with Crippen molar-refractivity contribution in [1.29, 1.82) is 0 Å². The summed E-state index contributed by atoms with van der Waals surface area (Å²) in [6.45, 7) is 2.25. The lowest BCUT2D eigenvalue weighted by atomic mass is 10.1. The van der Waals surface area contributed by atoms with Gasteiger partial charge in [-0.1, -0.05) is 30.4 Å². The molecule has 0 aliphatic heterocycles. The number of allylic oxidation sites excluding steroid dienone is 1. The molecule has 0 aliphatic carbocycles. The number of nitrogens with one attached hydrogen (secondary N) is 1. The summed E-state index contributed by atoms with van der Waals surface area (Å²) in [5.41, 5.74) is 1.70. The zero-order valence-electron chi connectivity index (χ0n) is 14.4. The molecule has 0 aliphatic rings. The average Bonchev–Trinajstić information content (AvgIpc) is 2.68. The standard InChI is InChI=1S/C21H19FN2O2/c1-2-3-12-26-19-8-4-6-17(20(19)22)14-24-21(25)16-9-10-18-15(13-16)7-5-11-23-18/h2-11,13H,12,14H2,1H3,(H,24,25)/b3-2-. The molecule has 4 nitrogen and oxygen atoms in total. The second-order valence-corrected chi connectivity index (χ2v) is 5.70. The second-order valence-electron chi connectivity index (χ2n) is 5.70. The minimum absolute atomic E-state index is 0.0799. The third-order valence-electron chi connectivity index (χ3n) is 3.92. The van der Waals surface area contributed by atoms with Crippen molar-refractivity contribution in [3.8, 4) is 5.75 Å². The van der Waals surface area contributed by atoms with E-state index in [0.29, 0.717) is 17.7 Å². The van der Waals surface area contributed by atoms with E-state index in [-0.39, 0.29) is 18.2 Å². The van der Waals surface area contributed by atoms with Crippen LogP contribution < -0.4 is 10.1 Å². The van der Waals surface area contributed by atoms with Crippen molar-refractivity contribution < 1.29 is 13.9 Å². The molecule has 132 valence electrons. The van der Waals surface area contributed by atoms with Crippen LogP contribution in [0.2, 0.25) is 0 Å². The summed E-state index contributed by atoms with van der Waals surface area (Å²) in [7, 11) is 0. The molecule has 2 aromatic carbocycles. The maximum absolute atomic E-state index is 14.5. The molecular weight excluding hydrogens is 331 g/mol. The number of halogens is 1. The fourth-order valence-electron chi connectivity index (χ4n) is 2.53. The van der Waals surface area contributed by atoms with Gasteiger partial charge < -0.3 is 10.1 Å². The van der Waals surface area contributed by atoms with Gasteiger partial charge in [-0.2, -0.15) is 0 Å². The minimum Gasteiger partial charge on any atom is -0.486 e. The summed E-state index contributed by atoms with van der Waals surface area (Å²) >= 11 is 0. The van der Waals surface area contributed by atoms with Gasteiger partial charge in [0, 0.05) is 29.3 Å². The number of hydrogen-bond donors (Lipinski definition) is 1. The van der Waals surface area contributed by atoms with Crippen LogP contribution in [0, 0.1) is 5.82 Å². The van der Waals surface area contributed by atoms with Crippen LogP contribution >= 0.6 is 0 Å². The first-order valence-corrected chi connectivity index (χ1v) is 8.33. The maximum Gasteiger partial charge on any atom is 0.251 e. The Morgan fingerprint density at radius 1 is 1.23 bits per heavy atom. The molecule has 0 bridgehead atoms. The first kappa shape index (κ1) is 17.6. The molecule has 1 amide bonds. The molecule has 0 fully saturated rings. The van der Waals surface area contributed by atoms with Crippen LogP contribution in [0.15, 0.2) is 66.9 Å². The van der Waals surface area contributed by atoms with Gasteiger partial charge in [-0.05, 0) is 37.3 Å². The van der Waals surface area contributed by atoms with Gasteiger partial charge in [0.2, 0.25) is 0 Å². The summed E-state index contributed by atoms with van der Waals surface area (Å²) in [5.74, 6) is -0.554.